The molecule has 0 aromatic heterocycles. The highest BCUT2D eigenvalue weighted by Crippen LogP contribution is 2.47. The van der Waals surface area contributed by atoms with Crippen LogP contribution in [-0.4, -0.2) is 28.6 Å². The number of hydrogen-bond donors (Lipinski definition) is 2. The summed E-state index contributed by atoms with van der Waals surface area (Å²) in [5.41, 5.74) is 3.92. The normalized spacial score (nSPS) is 32.2. The monoisotopic (exact) mass is 326 g/mol. The van der Waals surface area contributed by atoms with Gasteiger partial charge in [0.25, 0.3) is 5.91 Å². The summed E-state index contributed by atoms with van der Waals surface area (Å²) in [7, 11) is 0. The molecule has 1 aromatic rings. The third kappa shape index (κ3) is 3.40. The Kier molecular flexibility index (Phi) is 4.42. The second kappa shape index (κ2) is 6.69. The molecule has 4 fully saturated rings. The maximum atomic E-state index is 11.0. The Hall–Kier alpha value is -1.65. The molecule has 2 aliphatic heterocycles. The summed E-state index contributed by atoms with van der Waals surface area (Å²) in [6.07, 6.45) is 10.3. The molecule has 2 unspecified atom stereocenters. The number of nitrogens with zero attached hydrogens (tertiary/aromatic N) is 1. The molecule has 4 aliphatic rings. The van der Waals surface area contributed by atoms with E-state index in [0.29, 0.717) is 0 Å². The third-order valence-corrected chi connectivity index (χ3v) is 6.12. The minimum absolute atomic E-state index is 0.505. The molecule has 128 valence electrons. The summed E-state index contributed by atoms with van der Waals surface area (Å²) in [4.78, 5) is 13.8. The van der Waals surface area contributed by atoms with E-state index in [4.69, 9.17) is 5.21 Å². The van der Waals surface area contributed by atoms with Gasteiger partial charge in [-0.05, 0) is 67.1 Å². The van der Waals surface area contributed by atoms with Gasteiger partial charge in [0.05, 0.1) is 0 Å². The van der Waals surface area contributed by atoms with E-state index >= 15 is 0 Å². The highest BCUT2D eigenvalue weighted by Gasteiger charge is 2.42. The van der Waals surface area contributed by atoms with E-state index in [9.17, 15) is 4.79 Å². The van der Waals surface area contributed by atoms with Gasteiger partial charge in [-0.25, -0.2) is 5.48 Å². The molecule has 24 heavy (non-hydrogen) atoms. The average Bonchev–Trinajstić information content (AvgIpc) is 2.77. The van der Waals surface area contributed by atoms with Crippen molar-refractivity contribution in [3.63, 3.8) is 0 Å². The van der Waals surface area contributed by atoms with Crippen molar-refractivity contribution in [1.82, 2.24) is 10.4 Å². The lowest BCUT2D eigenvalue weighted by Gasteiger charge is -2.39. The van der Waals surface area contributed by atoms with Gasteiger partial charge < -0.3 is 0 Å². The fraction of sp³-hybridized carbons (Fsp3) is 0.550. The number of fused-ring (bicyclic) bond motifs is 1. The minimum atomic E-state index is -0.505. The number of nitrogens with one attached hydrogen (secondary N) is 1. The first-order chi connectivity index (χ1) is 11.7. The summed E-state index contributed by atoms with van der Waals surface area (Å²) in [6, 6.07) is 9.18. The number of rotatable bonds is 4. The number of amides is 1. The number of benzene rings is 1. The van der Waals surface area contributed by atoms with Crippen molar-refractivity contribution in [2.45, 2.75) is 44.7 Å². The van der Waals surface area contributed by atoms with E-state index in [0.717, 1.165) is 35.9 Å². The summed E-state index contributed by atoms with van der Waals surface area (Å²) in [6.45, 7) is 2.32. The van der Waals surface area contributed by atoms with Crippen molar-refractivity contribution in [3.8, 4) is 0 Å². The first-order valence-corrected chi connectivity index (χ1v) is 9.14. The SMILES string of the molecule is O=C(C=Cc1ccc(CN2CC3CC4CC(C3)CC2C4)cc1)NO. The number of hydrogen-bond acceptors (Lipinski definition) is 3. The molecule has 2 N–H and O–H groups in total. The summed E-state index contributed by atoms with van der Waals surface area (Å²) >= 11 is 0. The summed E-state index contributed by atoms with van der Waals surface area (Å²) in [5.74, 6) is 2.39. The third-order valence-electron chi connectivity index (χ3n) is 6.12. The molecule has 2 heterocycles. The topological polar surface area (TPSA) is 52.6 Å². The van der Waals surface area contributed by atoms with E-state index < -0.39 is 5.91 Å². The van der Waals surface area contributed by atoms with E-state index in [1.54, 1.807) is 11.6 Å². The maximum Gasteiger partial charge on any atom is 0.267 e. The van der Waals surface area contributed by atoms with Gasteiger partial charge in [-0.3, -0.25) is 14.9 Å². The smallest absolute Gasteiger partial charge is 0.267 e. The van der Waals surface area contributed by atoms with E-state index in [2.05, 4.69) is 17.0 Å². The average molecular weight is 326 g/mol. The van der Waals surface area contributed by atoms with Crippen molar-refractivity contribution in [2.75, 3.05) is 6.54 Å². The van der Waals surface area contributed by atoms with E-state index in [-0.39, 0.29) is 0 Å². The molecular formula is C20H26N2O2. The lowest BCUT2D eigenvalue weighted by molar-refractivity contribution is -0.124. The van der Waals surface area contributed by atoms with Crippen LogP contribution in [0.15, 0.2) is 30.3 Å². The molecule has 2 aliphatic carbocycles. The van der Waals surface area contributed by atoms with Crippen LogP contribution in [-0.2, 0) is 11.3 Å². The van der Waals surface area contributed by atoms with Gasteiger partial charge in [0, 0.05) is 25.2 Å². The van der Waals surface area contributed by atoms with Gasteiger partial charge in [-0.15, -0.1) is 0 Å². The Labute approximate surface area is 143 Å². The van der Waals surface area contributed by atoms with Crippen molar-refractivity contribution in [3.05, 3.63) is 41.5 Å². The number of carbonyl (C=O) groups is 1. The lowest BCUT2D eigenvalue weighted by atomic mass is 9.68. The molecule has 4 heteroatoms. The molecule has 2 saturated heterocycles. The molecule has 4 nitrogen and oxygen atoms in total. The summed E-state index contributed by atoms with van der Waals surface area (Å²) < 4.78 is 0. The fourth-order valence-electron chi connectivity index (χ4n) is 5.25. The molecule has 0 radical (unpaired) electrons. The van der Waals surface area contributed by atoms with Crippen molar-refractivity contribution in [1.29, 1.82) is 0 Å². The molecule has 2 saturated carbocycles. The first kappa shape index (κ1) is 15.9. The molecule has 1 aromatic carbocycles. The van der Waals surface area contributed by atoms with Gasteiger partial charge in [-0.1, -0.05) is 24.3 Å². The molecule has 1 amide bonds. The maximum absolute atomic E-state index is 11.0. The first-order valence-electron chi connectivity index (χ1n) is 9.14. The molecule has 0 spiro atoms. The second-order valence-electron chi connectivity index (χ2n) is 7.91. The van der Waals surface area contributed by atoms with Crippen LogP contribution in [0, 0.1) is 17.8 Å². The Morgan fingerprint density at radius 2 is 1.75 bits per heavy atom. The highest BCUT2D eigenvalue weighted by atomic mass is 16.5. The zero-order chi connectivity index (χ0) is 16.5. The van der Waals surface area contributed by atoms with Gasteiger partial charge in [0.1, 0.15) is 0 Å². The van der Waals surface area contributed by atoms with Gasteiger partial charge in [0.2, 0.25) is 0 Å². The zero-order valence-electron chi connectivity index (χ0n) is 14.0. The Balaban J connectivity index is 1.42. The van der Waals surface area contributed by atoms with Gasteiger partial charge in [0.15, 0.2) is 0 Å². The Morgan fingerprint density at radius 1 is 1.08 bits per heavy atom. The molecule has 2 atom stereocenters. The zero-order valence-corrected chi connectivity index (χ0v) is 14.0. The fourth-order valence-corrected chi connectivity index (χ4v) is 5.25. The van der Waals surface area contributed by atoms with E-state index in [1.165, 1.54) is 50.3 Å². The van der Waals surface area contributed by atoms with Crippen LogP contribution < -0.4 is 5.48 Å². The van der Waals surface area contributed by atoms with Crippen LogP contribution in [0.2, 0.25) is 0 Å². The summed E-state index contributed by atoms with van der Waals surface area (Å²) in [5, 5.41) is 8.50. The Morgan fingerprint density at radius 3 is 2.42 bits per heavy atom. The number of hydroxylamine groups is 1. The number of carbonyl (C=O) groups excluding carboxylic acids is 1. The lowest BCUT2D eigenvalue weighted by Crippen LogP contribution is -2.37. The van der Waals surface area contributed by atoms with Crippen LogP contribution >= 0.6 is 0 Å². The van der Waals surface area contributed by atoms with Crippen LogP contribution in [0.1, 0.15) is 43.2 Å². The Bertz CT molecular complexity index is 611. The predicted molar refractivity (Wildman–Crippen MR) is 93.2 cm³/mol. The van der Waals surface area contributed by atoms with Gasteiger partial charge >= 0.3 is 0 Å². The highest BCUT2D eigenvalue weighted by molar-refractivity contribution is 5.90. The molecule has 5 rings (SSSR count). The van der Waals surface area contributed by atoms with Crippen LogP contribution in [0.25, 0.3) is 6.08 Å². The van der Waals surface area contributed by atoms with Crippen LogP contribution in [0.5, 0.6) is 0 Å². The molecule has 4 bridgehead atoms. The van der Waals surface area contributed by atoms with E-state index in [1.807, 2.05) is 12.1 Å². The predicted octanol–water partition coefficient (Wildman–Crippen LogP) is 3.22. The minimum Gasteiger partial charge on any atom is -0.296 e. The van der Waals surface area contributed by atoms with Crippen LogP contribution in [0.4, 0.5) is 0 Å². The standard InChI is InChI=1S/C20H26N2O2/c23-20(21-24)6-5-14-1-3-15(4-2-14)12-22-13-18-8-16-7-17(9-18)11-19(22)10-16/h1-6,16-19,24H,7-13H2,(H,21,23). The quantitative estimate of drug-likeness (QED) is 0.507. The van der Waals surface area contributed by atoms with Crippen LogP contribution in [0.3, 0.4) is 0 Å². The molecular weight excluding hydrogens is 300 g/mol. The van der Waals surface area contributed by atoms with Gasteiger partial charge in [-0.2, -0.15) is 0 Å². The second-order valence-corrected chi connectivity index (χ2v) is 7.91. The van der Waals surface area contributed by atoms with Crippen molar-refractivity contribution < 1.29 is 10.0 Å². The largest absolute Gasteiger partial charge is 0.296 e. The van der Waals surface area contributed by atoms with Crippen molar-refractivity contribution in [2.24, 2.45) is 17.8 Å². The van der Waals surface area contributed by atoms with Crippen molar-refractivity contribution >= 4 is 12.0 Å².